The van der Waals surface area contributed by atoms with Gasteiger partial charge >= 0.3 is 5.97 Å². The third-order valence-corrected chi connectivity index (χ3v) is 2.04. The average Bonchev–Trinajstić information content (AvgIpc) is 2.07. The van der Waals surface area contributed by atoms with Crippen molar-refractivity contribution in [3.63, 3.8) is 0 Å². The summed E-state index contributed by atoms with van der Waals surface area (Å²) in [6, 6.07) is 6.85. The molecule has 1 rings (SSSR count). The van der Waals surface area contributed by atoms with Crippen molar-refractivity contribution in [3.05, 3.63) is 29.8 Å². The maximum Gasteiger partial charge on any atom is 0.303 e. The van der Waals surface area contributed by atoms with Crippen molar-refractivity contribution in [2.75, 3.05) is 0 Å². The summed E-state index contributed by atoms with van der Waals surface area (Å²) < 4.78 is 0. The molecule has 14 heavy (non-hydrogen) atoms. The molecular weight excluding hydrogens is 180 g/mol. The van der Waals surface area contributed by atoms with E-state index < -0.39 is 5.97 Å². The standard InChI is InChI=1S/C11H14O3/c1-8(7-11(13)14)6-9-2-4-10(12)5-3-9/h2-5,8,12H,6-7H2,1H3,(H,13,14)/t8-/m0/s1. The first-order chi connectivity index (χ1) is 6.58. The molecule has 1 atom stereocenters. The van der Waals surface area contributed by atoms with E-state index in [-0.39, 0.29) is 18.1 Å². The quantitative estimate of drug-likeness (QED) is 0.771. The summed E-state index contributed by atoms with van der Waals surface area (Å²) in [5.74, 6) is -0.409. The van der Waals surface area contributed by atoms with Gasteiger partial charge in [-0.15, -0.1) is 0 Å². The van der Waals surface area contributed by atoms with E-state index in [4.69, 9.17) is 10.2 Å². The maximum atomic E-state index is 10.4. The molecule has 0 aliphatic heterocycles. The van der Waals surface area contributed by atoms with Crippen molar-refractivity contribution in [3.8, 4) is 5.75 Å². The number of carbonyl (C=O) groups is 1. The lowest BCUT2D eigenvalue weighted by Gasteiger charge is -2.08. The van der Waals surface area contributed by atoms with Crippen LogP contribution in [0.4, 0.5) is 0 Å². The molecule has 2 N–H and O–H groups in total. The lowest BCUT2D eigenvalue weighted by atomic mass is 9.98. The highest BCUT2D eigenvalue weighted by Crippen LogP contribution is 2.15. The molecule has 0 amide bonds. The van der Waals surface area contributed by atoms with Crippen molar-refractivity contribution in [1.29, 1.82) is 0 Å². The zero-order valence-corrected chi connectivity index (χ0v) is 8.10. The Kier molecular flexibility index (Phi) is 3.51. The van der Waals surface area contributed by atoms with E-state index >= 15 is 0 Å². The number of hydrogen-bond donors (Lipinski definition) is 2. The first-order valence-corrected chi connectivity index (χ1v) is 4.57. The van der Waals surface area contributed by atoms with Gasteiger partial charge in [0.2, 0.25) is 0 Å². The van der Waals surface area contributed by atoms with E-state index in [0.717, 1.165) is 12.0 Å². The lowest BCUT2D eigenvalue weighted by Crippen LogP contribution is -2.06. The number of benzene rings is 1. The van der Waals surface area contributed by atoms with E-state index in [2.05, 4.69) is 0 Å². The molecule has 0 unspecified atom stereocenters. The number of hydrogen-bond acceptors (Lipinski definition) is 2. The van der Waals surface area contributed by atoms with Crippen molar-refractivity contribution in [1.82, 2.24) is 0 Å². The Bertz CT molecular complexity index is 303. The largest absolute Gasteiger partial charge is 0.508 e. The molecule has 0 saturated carbocycles. The minimum atomic E-state index is -0.767. The third kappa shape index (κ3) is 3.47. The van der Waals surface area contributed by atoms with E-state index in [1.165, 1.54) is 0 Å². The average molecular weight is 194 g/mol. The Morgan fingerprint density at radius 3 is 2.43 bits per heavy atom. The Morgan fingerprint density at radius 2 is 1.93 bits per heavy atom. The molecule has 76 valence electrons. The van der Waals surface area contributed by atoms with E-state index in [9.17, 15) is 4.79 Å². The topological polar surface area (TPSA) is 57.5 Å². The predicted molar refractivity (Wildman–Crippen MR) is 53.2 cm³/mol. The van der Waals surface area contributed by atoms with Gasteiger partial charge in [-0.1, -0.05) is 19.1 Å². The van der Waals surface area contributed by atoms with Crippen LogP contribution in [-0.4, -0.2) is 16.2 Å². The van der Waals surface area contributed by atoms with Crippen LogP contribution >= 0.6 is 0 Å². The SMILES string of the molecule is C[C@H](CC(=O)O)Cc1ccc(O)cc1. The van der Waals surface area contributed by atoms with Crippen molar-refractivity contribution in [2.24, 2.45) is 5.92 Å². The van der Waals surface area contributed by atoms with Crippen LogP contribution in [0.15, 0.2) is 24.3 Å². The van der Waals surface area contributed by atoms with Crippen LogP contribution in [0.25, 0.3) is 0 Å². The molecule has 1 aromatic carbocycles. The van der Waals surface area contributed by atoms with Gasteiger partial charge in [0.25, 0.3) is 0 Å². The Morgan fingerprint density at radius 1 is 1.36 bits per heavy atom. The molecule has 0 bridgehead atoms. The zero-order chi connectivity index (χ0) is 10.6. The summed E-state index contributed by atoms with van der Waals surface area (Å²) in [4.78, 5) is 10.4. The lowest BCUT2D eigenvalue weighted by molar-refractivity contribution is -0.137. The van der Waals surface area contributed by atoms with E-state index in [0.29, 0.717) is 0 Å². The van der Waals surface area contributed by atoms with Crippen LogP contribution in [0.5, 0.6) is 5.75 Å². The van der Waals surface area contributed by atoms with Gasteiger partial charge in [0, 0.05) is 6.42 Å². The first-order valence-electron chi connectivity index (χ1n) is 4.57. The number of aliphatic carboxylic acids is 1. The number of carboxylic acid groups (broad SMARTS) is 1. The minimum absolute atomic E-state index is 0.122. The third-order valence-electron chi connectivity index (χ3n) is 2.04. The van der Waals surface area contributed by atoms with Gasteiger partial charge in [-0.3, -0.25) is 4.79 Å². The highest BCUT2D eigenvalue weighted by molar-refractivity contribution is 5.67. The summed E-state index contributed by atoms with van der Waals surface area (Å²) in [5, 5.41) is 17.6. The summed E-state index contributed by atoms with van der Waals surface area (Å²) in [5.41, 5.74) is 1.05. The van der Waals surface area contributed by atoms with Crippen LogP contribution in [-0.2, 0) is 11.2 Å². The van der Waals surface area contributed by atoms with Gasteiger partial charge in [-0.05, 0) is 30.0 Å². The second-order valence-electron chi connectivity index (χ2n) is 3.57. The number of phenols is 1. The molecule has 0 heterocycles. The first kappa shape index (κ1) is 10.6. The number of rotatable bonds is 4. The fourth-order valence-electron chi connectivity index (χ4n) is 1.40. The molecule has 0 radical (unpaired) electrons. The van der Waals surface area contributed by atoms with Crippen molar-refractivity contribution >= 4 is 5.97 Å². The Balaban J connectivity index is 2.51. The molecule has 3 nitrogen and oxygen atoms in total. The second kappa shape index (κ2) is 4.65. The Labute approximate surface area is 83.0 Å². The van der Waals surface area contributed by atoms with Crippen molar-refractivity contribution < 1.29 is 15.0 Å². The number of aromatic hydroxyl groups is 1. The van der Waals surface area contributed by atoms with E-state index in [1.807, 2.05) is 19.1 Å². The molecule has 0 aromatic heterocycles. The van der Waals surface area contributed by atoms with Crippen LogP contribution < -0.4 is 0 Å². The van der Waals surface area contributed by atoms with Crippen LogP contribution in [0, 0.1) is 5.92 Å². The summed E-state index contributed by atoms with van der Waals surface area (Å²) >= 11 is 0. The van der Waals surface area contributed by atoms with Crippen molar-refractivity contribution in [2.45, 2.75) is 19.8 Å². The van der Waals surface area contributed by atoms with Gasteiger partial charge in [-0.2, -0.15) is 0 Å². The van der Waals surface area contributed by atoms with Gasteiger partial charge in [0.1, 0.15) is 5.75 Å². The maximum absolute atomic E-state index is 10.4. The summed E-state index contributed by atoms with van der Waals surface area (Å²) in [7, 11) is 0. The van der Waals surface area contributed by atoms with Gasteiger partial charge in [0.15, 0.2) is 0 Å². The fraction of sp³-hybridized carbons (Fsp3) is 0.364. The predicted octanol–water partition coefficient (Wildman–Crippen LogP) is 2.05. The van der Waals surface area contributed by atoms with Crippen LogP contribution in [0.2, 0.25) is 0 Å². The molecule has 0 aliphatic rings. The summed E-state index contributed by atoms with van der Waals surface area (Å²) in [6.45, 7) is 1.90. The highest BCUT2D eigenvalue weighted by atomic mass is 16.4. The van der Waals surface area contributed by atoms with Gasteiger partial charge in [-0.25, -0.2) is 0 Å². The summed E-state index contributed by atoms with van der Waals surface area (Å²) in [6.07, 6.45) is 0.910. The highest BCUT2D eigenvalue weighted by Gasteiger charge is 2.08. The molecular formula is C11H14O3. The fourth-order valence-corrected chi connectivity index (χ4v) is 1.40. The second-order valence-corrected chi connectivity index (χ2v) is 3.57. The van der Waals surface area contributed by atoms with Crippen LogP contribution in [0.3, 0.4) is 0 Å². The van der Waals surface area contributed by atoms with Crippen LogP contribution in [0.1, 0.15) is 18.9 Å². The molecule has 0 spiro atoms. The van der Waals surface area contributed by atoms with Gasteiger partial charge in [0.05, 0.1) is 0 Å². The molecule has 0 fully saturated rings. The monoisotopic (exact) mass is 194 g/mol. The van der Waals surface area contributed by atoms with Gasteiger partial charge < -0.3 is 10.2 Å². The molecule has 1 aromatic rings. The number of phenolic OH excluding ortho intramolecular Hbond substituents is 1. The Hall–Kier alpha value is -1.51. The molecule has 3 heteroatoms. The molecule has 0 saturated heterocycles. The smallest absolute Gasteiger partial charge is 0.303 e. The minimum Gasteiger partial charge on any atom is -0.508 e. The molecule has 0 aliphatic carbocycles. The normalized spacial score (nSPS) is 12.4. The zero-order valence-electron chi connectivity index (χ0n) is 8.10. The van der Waals surface area contributed by atoms with E-state index in [1.54, 1.807) is 12.1 Å². The number of carboxylic acids is 1.